The van der Waals surface area contributed by atoms with Crippen molar-refractivity contribution in [1.82, 2.24) is 0 Å². The van der Waals surface area contributed by atoms with Crippen LogP contribution in [-0.4, -0.2) is 67.3 Å². The quantitative estimate of drug-likeness (QED) is 0.305. The van der Waals surface area contributed by atoms with E-state index in [1.54, 1.807) is 13.8 Å². The molecule has 0 heterocycles. The molecule has 0 aromatic carbocycles. The summed E-state index contributed by atoms with van der Waals surface area (Å²) in [5.41, 5.74) is 0.313. The van der Waals surface area contributed by atoms with Crippen LogP contribution in [-0.2, 0) is 0 Å². The van der Waals surface area contributed by atoms with Gasteiger partial charge in [0.05, 0.1) is 30.0 Å². The first-order valence-electron chi connectivity index (χ1n) is 14.2. The minimum absolute atomic E-state index is 0.00555. The summed E-state index contributed by atoms with van der Waals surface area (Å²) in [5, 5.41) is 64.7. The second kappa shape index (κ2) is 9.02. The standard InChI is InChI=1S/C30H52O6/c1-26(2)22-10-9-19-20(28(22,5)15-21(32)25(26)35)14-24(34)30(7)18(12-13-29(19,30)6)17(16-31)8-11-23(33)27(3,4)36/h17-18,21-25,31-36H,8-16H2,1-7H3/t17-,18+,21+,22-,23+,24-,25-,28+,29-,30-/m0/s1. The van der Waals surface area contributed by atoms with Crippen molar-refractivity contribution >= 4 is 0 Å². The Bertz CT molecular complexity index is 875. The zero-order valence-corrected chi connectivity index (χ0v) is 23.6. The summed E-state index contributed by atoms with van der Waals surface area (Å²) in [4.78, 5) is 0. The van der Waals surface area contributed by atoms with Crippen LogP contribution in [0.25, 0.3) is 0 Å². The highest BCUT2D eigenvalue weighted by Crippen LogP contribution is 2.72. The minimum atomic E-state index is -1.18. The van der Waals surface area contributed by atoms with Gasteiger partial charge >= 0.3 is 0 Å². The van der Waals surface area contributed by atoms with Gasteiger partial charge in [-0.1, -0.05) is 45.8 Å². The number of rotatable bonds is 6. The molecule has 6 nitrogen and oxygen atoms in total. The van der Waals surface area contributed by atoms with Crippen molar-refractivity contribution in [1.29, 1.82) is 0 Å². The number of allylic oxidation sites excluding steroid dienone is 1. The molecule has 0 bridgehead atoms. The van der Waals surface area contributed by atoms with Crippen molar-refractivity contribution in [3.05, 3.63) is 11.1 Å². The van der Waals surface area contributed by atoms with Crippen molar-refractivity contribution in [3.8, 4) is 0 Å². The van der Waals surface area contributed by atoms with E-state index in [1.165, 1.54) is 11.1 Å². The smallest absolute Gasteiger partial charge is 0.0853 e. The van der Waals surface area contributed by atoms with Crippen LogP contribution in [0.15, 0.2) is 11.1 Å². The van der Waals surface area contributed by atoms with E-state index in [0.717, 1.165) is 25.7 Å². The van der Waals surface area contributed by atoms with Gasteiger partial charge in [0.1, 0.15) is 0 Å². The summed E-state index contributed by atoms with van der Waals surface area (Å²) in [5.74, 6) is 0.308. The van der Waals surface area contributed by atoms with Gasteiger partial charge in [0, 0.05) is 12.0 Å². The highest BCUT2D eigenvalue weighted by molar-refractivity contribution is 5.40. The Hall–Kier alpha value is -0.500. The molecule has 0 saturated heterocycles. The van der Waals surface area contributed by atoms with Crippen LogP contribution in [0.1, 0.15) is 99.8 Å². The Labute approximate surface area is 217 Å². The molecule has 208 valence electrons. The van der Waals surface area contributed by atoms with Crippen LogP contribution in [0, 0.1) is 39.4 Å². The molecule has 4 rings (SSSR count). The summed E-state index contributed by atoms with van der Waals surface area (Å²) in [6.07, 6.45) is 2.97. The zero-order chi connectivity index (χ0) is 27.1. The Morgan fingerprint density at radius 2 is 1.61 bits per heavy atom. The van der Waals surface area contributed by atoms with E-state index in [9.17, 15) is 30.6 Å². The van der Waals surface area contributed by atoms with Gasteiger partial charge in [-0.2, -0.15) is 0 Å². The zero-order valence-electron chi connectivity index (χ0n) is 23.6. The number of fused-ring (bicyclic) bond motifs is 4. The van der Waals surface area contributed by atoms with Crippen LogP contribution in [0.4, 0.5) is 0 Å². The molecule has 0 amide bonds. The second-order valence-corrected chi connectivity index (χ2v) is 14.7. The van der Waals surface area contributed by atoms with Crippen LogP contribution >= 0.6 is 0 Å². The van der Waals surface area contributed by atoms with E-state index in [-0.39, 0.29) is 35.2 Å². The third kappa shape index (κ3) is 3.88. The van der Waals surface area contributed by atoms with Gasteiger partial charge in [0.25, 0.3) is 0 Å². The van der Waals surface area contributed by atoms with Gasteiger partial charge < -0.3 is 30.6 Å². The third-order valence-electron chi connectivity index (χ3n) is 12.3. The molecular weight excluding hydrogens is 456 g/mol. The molecular formula is C30H52O6. The summed E-state index contributed by atoms with van der Waals surface area (Å²) < 4.78 is 0. The first-order valence-corrected chi connectivity index (χ1v) is 14.2. The fraction of sp³-hybridized carbons (Fsp3) is 0.933. The third-order valence-corrected chi connectivity index (χ3v) is 12.3. The number of hydrogen-bond acceptors (Lipinski definition) is 6. The number of hydrogen-bond donors (Lipinski definition) is 6. The van der Waals surface area contributed by atoms with Crippen LogP contribution in [0.3, 0.4) is 0 Å². The molecule has 0 radical (unpaired) electrons. The fourth-order valence-corrected chi connectivity index (χ4v) is 9.77. The normalized spacial score (nSPS) is 46.1. The van der Waals surface area contributed by atoms with E-state index >= 15 is 0 Å². The van der Waals surface area contributed by atoms with Gasteiger partial charge in [0.15, 0.2) is 0 Å². The van der Waals surface area contributed by atoms with Crippen molar-refractivity contribution in [2.75, 3.05) is 6.61 Å². The van der Waals surface area contributed by atoms with Crippen molar-refractivity contribution in [2.45, 2.75) is 130 Å². The predicted molar refractivity (Wildman–Crippen MR) is 140 cm³/mol. The van der Waals surface area contributed by atoms with Crippen LogP contribution in [0.2, 0.25) is 0 Å². The van der Waals surface area contributed by atoms with Gasteiger partial charge in [-0.15, -0.1) is 0 Å². The van der Waals surface area contributed by atoms with Gasteiger partial charge in [-0.25, -0.2) is 0 Å². The topological polar surface area (TPSA) is 121 Å². The first kappa shape index (κ1) is 28.5. The Kier molecular flexibility index (Phi) is 7.15. The SMILES string of the molecule is CC(C)(O)[C@H](O)CC[C@@H](CO)[C@H]1CC[C@@]2(C)C3=C(C[C@H](O)[C@]12C)[C@@]1(C)C[C@@H](O)[C@H](O)C(C)(C)[C@@H]1CC3. The van der Waals surface area contributed by atoms with Crippen LogP contribution < -0.4 is 0 Å². The average molecular weight is 509 g/mol. The Morgan fingerprint density at radius 3 is 2.19 bits per heavy atom. The average Bonchev–Trinajstić information content (AvgIpc) is 3.06. The highest BCUT2D eigenvalue weighted by atomic mass is 16.3. The van der Waals surface area contributed by atoms with Crippen molar-refractivity contribution < 1.29 is 30.6 Å². The lowest BCUT2D eigenvalue weighted by Crippen LogP contribution is -2.61. The molecule has 2 saturated carbocycles. The van der Waals surface area contributed by atoms with Gasteiger partial charge in [-0.05, 0) is 99.2 Å². The van der Waals surface area contributed by atoms with Gasteiger partial charge in [0.2, 0.25) is 0 Å². The Balaban J connectivity index is 1.69. The summed E-state index contributed by atoms with van der Waals surface area (Å²) in [7, 11) is 0. The minimum Gasteiger partial charge on any atom is -0.396 e. The molecule has 4 aliphatic carbocycles. The van der Waals surface area contributed by atoms with Gasteiger partial charge in [-0.3, -0.25) is 0 Å². The van der Waals surface area contributed by atoms with E-state index in [4.69, 9.17) is 0 Å². The monoisotopic (exact) mass is 508 g/mol. The molecule has 0 aromatic heterocycles. The summed E-state index contributed by atoms with van der Waals surface area (Å²) in [6, 6.07) is 0. The number of aliphatic hydroxyl groups is 6. The van der Waals surface area contributed by atoms with E-state index in [2.05, 4.69) is 34.6 Å². The molecule has 0 spiro atoms. The summed E-state index contributed by atoms with van der Waals surface area (Å²) in [6.45, 7) is 14.2. The lowest BCUT2D eigenvalue weighted by molar-refractivity contribution is -0.163. The van der Waals surface area contributed by atoms with Crippen LogP contribution in [0.5, 0.6) is 0 Å². The maximum Gasteiger partial charge on any atom is 0.0853 e. The number of aliphatic hydroxyl groups excluding tert-OH is 5. The fourth-order valence-electron chi connectivity index (χ4n) is 9.77. The lowest BCUT2D eigenvalue weighted by atomic mass is 9.42. The summed E-state index contributed by atoms with van der Waals surface area (Å²) >= 11 is 0. The molecule has 0 aliphatic heterocycles. The maximum atomic E-state index is 11.9. The molecule has 10 atom stereocenters. The molecule has 0 aromatic rings. The predicted octanol–water partition coefficient (Wildman–Crippen LogP) is 3.56. The molecule has 6 N–H and O–H groups in total. The molecule has 6 heteroatoms. The van der Waals surface area contributed by atoms with E-state index in [1.807, 2.05) is 0 Å². The lowest BCUT2D eigenvalue weighted by Gasteiger charge is -2.63. The second-order valence-electron chi connectivity index (χ2n) is 14.7. The Morgan fingerprint density at radius 1 is 0.972 bits per heavy atom. The molecule has 36 heavy (non-hydrogen) atoms. The molecule has 2 fully saturated rings. The largest absolute Gasteiger partial charge is 0.396 e. The molecule has 0 unspecified atom stereocenters. The van der Waals surface area contributed by atoms with Crippen molar-refractivity contribution in [3.63, 3.8) is 0 Å². The van der Waals surface area contributed by atoms with E-state index in [0.29, 0.717) is 25.7 Å². The molecule has 4 aliphatic rings. The van der Waals surface area contributed by atoms with E-state index < -0.39 is 40.8 Å². The maximum absolute atomic E-state index is 11.9. The highest BCUT2D eigenvalue weighted by Gasteiger charge is 2.67. The first-order chi connectivity index (χ1) is 16.5. The van der Waals surface area contributed by atoms with Crippen molar-refractivity contribution in [2.24, 2.45) is 39.4 Å².